The quantitative estimate of drug-likeness (QED) is 0.470. The van der Waals surface area contributed by atoms with E-state index in [2.05, 4.69) is 5.32 Å². The van der Waals surface area contributed by atoms with Gasteiger partial charge in [0.05, 0.1) is 31.4 Å². The molecular weight excluding hydrogens is 442 g/mol. The van der Waals surface area contributed by atoms with Crippen LogP contribution in [-0.2, 0) is 14.3 Å². The van der Waals surface area contributed by atoms with Crippen molar-refractivity contribution in [3.05, 3.63) is 54.1 Å². The lowest BCUT2D eigenvalue weighted by Crippen LogP contribution is -2.39. The van der Waals surface area contributed by atoms with Crippen LogP contribution in [0.2, 0.25) is 0 Å². The maximum Gasteiger partial charge on any atom is 0.338 e. The van der Waals surface area contributed by atoms with Gasteiger partial charge in [0.2, 0.25) is 5.91 Å². The molecule has 2 aromatic carbocycles. The van der Waals surface area contributed by atoms with Crippen molar-refractivity contribution in [3.8, 4) is 5.75 Å². The normalized spacial score (nSPS) is 17.8. The van der Waals surface area contributed by atoms with E-state index in [4.69, 9.17) is 21.7 Å². The number of esters is 1. The Hall–Kier alpha value is -3.46. The lowest BCUT2D eigenvalue weighted by Gasteiger charge is -2.23. The second kappa shape index (κ2) is 9.58. The van der Waals surface area contributed by atoms with Crippen molar-refractivity contribution in [2.75, 3.05) is 23.9 Å². The molecule has 0 unspecified atom stereocenters. The number of anilines is 2. The highest BCUT2D eigenvalue weighted by atomic mass is 32.1. The summed E-state index contributed by atoms with van der Waals surface area (Å²) in [5.41, 5.74) is 1.58. The maximum absolute atomic E-state index is 13.3. The molecule has 2 aliphatic rings. The molecule has 33 heavy (non-hydrogen) atoms. The van der Waals surface area contributed by atoms with Gasteiger partial charge >= 0.3 is 5.97 Å². The fraction of sp³-hybridized carbons (Fsp3) is 0.333. The summed E-state index contributed by atoms with van der Waals surface area (Å²) in [4.78, 5) is 41.3. The van der Waals surface area contributed by atoms with E-state index < -0.39 is 12.0 Å². The van der Waals surface area contributed by atoms with Crippen molar-refractivity contribution >= 4 is 46.5 Å². The molecule has 0 radical (unpaired) electrons. The minimum absolute atomic E-state index is 0.0260. The third-order valence-corrected chi connectivity index (χ3v) is 5.98. The van der Waals surface area contributed by atoms with Crippen LogP contribution in [0.15, 0.2) is 48.5 Å². The second-order valence-electron chi connectivity index (χ2n) is 7.86. The Bertz CT molecular complexity index is 1070. The molecule has 2 amide bonds. The number of methoxy groups -OCH3 is 1. The molecular formula is C24H25N3O5S. The first kappa shape index (κ1) is 22.7. The van der Waals surface area contributed by atoms with Gasteiger partial charge in [0.15, 0.2) is 5.11 Å². The van der Waals surface area contributed by atoms with E-state index in [9.17, 15) is 14.4 Å². The number of carbonyl (C=O) groups is 3. The number of hydrogen-bond donors (Lipinski definition) is 1. The molecule has 1 aliphatic carbocycles. The van der Waals surface area contributed by atoms with Crippen molar-refractivity contribution in [1.82, 2.24) is 4.90 Å². The van der Waals surface area contributed by atoms with E-state index in [0.717, 1.165) is 12.8 Å². The van der Waals surface area contributed by atoms with E-state index in [1.54, 1.807) is 62.6 Å². The van der Waals surface area contributed by atoms with Crippen LogP contribution in [0.5, 0.6) is 5.75 Å². The summed E-state index contributed by atoms with van der Waals surface area (Å²) in [5, 5.41) is 3.22. The van der Waals surface area contributed by atoms with Crippen LogP contribution in [0.3, 0.4) is 0 Å². The van der Waals surface area contributed by atoms with E-state index >= 15 is 0 Å². The van der Waals surface area contributed by atoms with Crippen LogP contribution in [-0.4, -0.2) is 53.6 Å². The highest BCUT2D eigenvalue weighted by molar-refractivity contribution is 7.80. The summed E-state index contributed by atoms with van der Waals surface area (Å²) in [6.45, 7) is 2.03. The summed E-state index contributed by atoms with van der Waals surface area (Å²) in [7, 11) is 1.58. The first-order valence-corrected chi connectivity index (χ1v) is 11.2. The average molecular weight is 468 g/mol. The lowest BCUT2D eigenvalue weighted by molar-refractivity contribution is -0.124. The number of carbonyl (C=O) groups excluding carboxylic acids is 3. The van der Waals surface area contributed by atoms with Gasteiger partial charge in [-0.3, -0.25) is 14.5 Å². The minimum atomic E-state index is -0.661. The molecule has 0 bridgehead atoms. The van der Waals surface area contributed by atoms with Crippen molar-refractivity contribution < 1.29 is 23.9 Å². The van der Waals surface area contributed by atoms with Gasteiger partial charge in [-0.25, -0.2) is 4.79 Å². The smallest absolute Gasteiger partial charge is 0.338 e. The van der Waals surface area contributed by atoms with E-state index in [1.165, 1.54) is 4.90 Å². The van der Waals surface area contributed by atoms with E-state index in [0.29, 0.717) is 34.4 Å². The van der Waals surface area contributed by atoms with E-state index in [1.807, 2.05) is 4.90 Å². The van der Waals surface area contributed by atoms with Gasteiger partial charge in [0, 0.05) is 11.7 Å². The average Bonchev–Trinajstić information content (AvgIpc) is 3.61. The predicted molar refractivity (Wildman–Crippen MR) is 127 cm³/mol. The molecule has 0 spiro atoms. The number of nitrogens with zero attached hydrogens (tertiary/aromatic N) is 2. The van der Waals surface area contributed by atoms with Crippen LogP contribution in [0.25, 0.3) is 0 Å². The summed E-state index contributed by atoms with van der Waals surface area (Å²) in [6, 6.07) is 13.1. The summed E-state index contributed by atoms with van der Waals surface area (Å²) in [5.74, 6) is -0.258. The third-order valence-electron chi connectivity index (χ3n) is 5.58. The van der Waals surface area contributed by atoms with E-state index in [-0.39, 0.29) is 24.3 Å². The predicted octanol–water partition coefficient (Wildman–Crippen LogP) is 3.37. The van der Waals surface area contributed by atoms with Gasteiger partial charge < -0.3 is 19.7 Å². The van der Waals surface area contributed by atoms with Crippen LogP contribution in [0.4, 0.5) is 11.4 Å². The number of ether oxygens (including phenoxy) is 2. The highest BCUT2D eigenvalue weighted by Crippen LogP contribution is 2.37. The SMILES string of the molecule is CCOC(=O)c1ccc(NC(=O)C[C@@H]2C(=O)N(c3ccc(OC)cc3)C(=S)N2C2CC2)cc1. The fourth-order valence-electron chi connectivity index (χ4n) is 3.82. The minimum Gasteiger partial charge on any atom is -0.497 e. The Kier molecular flexibility index (Phi) is 6.60. The molecule has 0 aromatic heterocycles. The molecule has 172 valence electrons. The largest absolute Gasteiger partial charge is 0.497 e. The van der Waals surface area contributed by atoms with Gasteiger partial charge in [-0.05, 0) is 80.5 Å². The maximum atomic E-state index is 13.3. The second-order valence-corrected chi connectivity index (χ2v) is 8.22. The third kappa shape index (κ3) is 4.83. The summed E-state index contributed by atoms with van der Waals surface area (Å²) < 4.78 is 10.2. The molecule has 2 fully saturated rings. The van der Waals surface area contributed by atoms with Gasteiger partial charge in [-0.15, -0.1) is 0 Å². The Morgan fingerprint density at radius 1 is 1.09 bits per heavy atom. The van der Waals surface area contributed by atoms with Gasteiger partial charge in [-0.1, -0.05) is 0 Å². The molecule has 8 nitrogen and oxygen atoms in total. The highest BCUT2D eigenvalue weighted by Gasteiger charge is 2.49. The van der Waals surface area contributed by atoms with Crippen molar-refractivity contribution in [2.45, 2.75) is 38.3 Å². The van der Waals surface area contributed by atoms with Crippen LogP contribution in [0.1, 0.15) is 36.5 Å². The molecule has 1 N–H and O–H groups in total. The number of hydrogen-bond acceptors (Lipinski definition) is 6. The molecule has 4 rings (SSSR count). The Morgan fingerprint density at radius 2 is 1.76 bits per heavy atom. The van der Waals surface area contributed by atoms with Gasteiger partial charge in [0.25, 0.3) is 5.91 Å². The Labute approximate surface area is 197 Å². The zero-order valence-corrected chi connectivity index (χ0v) is 19.3. The molecule has 1 atom stereocenters. The Balaban J connectivity index is 1.46. The molecule has 1 saturated heterocycles. The zero-order chi connectivity index (χ0) is 23.5. The van der Waals surface area contributed by atoms with Crippen molar-refractivity contribution in [2.24, 2.45) is 0 Å². The lowest BCUT2D eigenvalue weighted by atomic mass is 10.1. The molecule has 9 heteroatoms. The first-order valence-electron chi connectivity index (χ1n) is 10.8. The van der Waals surface area contributed by atoms with Crippen LogP contribution >= 0.6 is 12.2 Å². The monoisotopic (exact) mass is 467 g/mol. The molecule has 1 heterocycles. The summed E-state index contributed by atoms with van der Waals surface area (Å²) >= 11 is 5.64. The number of thiocarbonyl (C=S) groups is 1. The standard InChI is InChI=1S/C24H25N3O5S/c1-3-32-23(30)15-4-6-16(7-5-15)25-21(28)14-20-22(29)27(24(33)26(20)17-8-9-17)18-10-12-19(31-2)13-11-18/h4-7,10-13,17,20H,3,8-9,14H2,1-2H3,(H,25,28)/t20-/m1/s1. The number of benzene rings is 2. The first-order chi connectivity index (χ1) is 15.9. The number of rotatable bonds is 8. The van der Waals surface area contributed by atoms with Crippen molar-refractivity contribution in [1.29, 1.82) is 0 Å². The summed E-state index contributed by atoms with van der Waals surface area (Å²) in [6.07, 6.45) is 1.86. The molecule has 1 saturated carbocycles. The van der Waals surface area contributed by atoms with Crippen LogP contribution < -0.4 is 15.0 Å². The Morgan fingerprint density at radius 3 is 2.33 bits per heavy atom. The fourth-order valence-corrected chi connectivity index (χ4v) is 4.29. The number of nitrogens with one attached hydrogen (secondary N) is 1. The molecule has 1 aliphatic heterocycles. The van der Waals surface area contributed by atoms with Crippen LogP contribution in [0, 0.1) is 0 Å². The van der Waals surface area contributed by atoms with Gasteiger partial charge in [-0.2, -0.15) is 0 Å². The topological polar surface area (TPSA) is 88.2 Å². The molecule has 2 aromatic rings. The number of amides is 2. The zero-order valence-electron chi connectivity index (χ0n) is 18.4. The van der Waals surface area contributed by atoms with Gasteiger partial charge in [0.1, 0.15) is 11.8 Å². The van der Waals surface area contributed by atoms with Crippen molar-refractivity contribution in [3.63, 3.8) is 0 Å².